The molecule has 0 spiro atoms. The van der Waals surface area contributed by atoms with Crippen molar-refractivity contribution in [1.82, 2.24) is 0 Å². The number of nitrogens with one attached hydrogen (secondary N) is 1. The fourth-order valence-electron chi connectivity index (χ4n) is 8.36. The lowest BCUT2D eigenvalue weighted by molar-refractivity contribution is 0.652. The Labute approximate surface area is 277 Å². The van der Waals surface area contributed by atoms with E-state index in [4.69, 9.17) is 0 Å². The van der Waals surface area contributed by atoms with E-state index in [0.29, 0.717) is 0 Å². The number of para-hydroxylation sites is 1. The number of benzene rings is 7. The average Bonchev–Trinajstić information content (AvgIpc) is 3.46. The van der Waals surface area contributed by atoms with Gasteiger partial charge in [0, 0.05) is 27.8 Å². The molecule has 0 aromatic heterocycles. The minimum absolute atomic E-state index is 0.122. The molecule has 2 aliphatic carbocycles. The summed E-state index contributed by atoms with van der Waals surface area (Å²) in [5.74, 6) is 0. The van der Waals surface area contributed by atoms with E-state index < -0.39 is 0 Å². The fourth-order valence-corrected chi connectivity index (χ4v) is 8.36. The van der Waals surface area contributed by atoms with E-state index in [1.54, 1.807) is 0 Å². The zero-order valence-electron chi connectivity index (χ0n) is 27.4. The quantitative estimate of drug-likeness (QED) is 0.211. The van der Waals surface area contributed by atoms with Gasteiger partial charge < -0.3 is 5.32 Å². The third-order valence-electron chi connectivity index (χ3n) is 10.9. The van der Waals surface area contributed by atoms with Crippen LogP contribution in [0, 0.1) is 0 Å². The molecule has 0 atom stereocenters. The number of anilines is 2. The summed E-state index contributed by atoms with van der Waals surface area (Å²) in [7, 11) is 0. The van der Waals surface area contributed by atoms with Gasteiger partial charge in [-0.15, -0.1) is 0 Å². The SMILES string of the molecule is CC1(C)c2cc(Nc3ccccc3-c3ccccc3)ccc2-c2cc3c(cc21)-c1c(cc(-c2ccccc2)c2ccccc12)C3(C)C. The van der Waals surface area contributed by atoms with E-state index in [1.165, 1.54) is 77.5 Å². The number of hydrogen-bond acceptors (Lipinski definition) is 1. The lowest BCUT2D eigenvalue weighted by Crippen LogP contribution is -2.17. The Morgan fingerprint density at radius 2 is 0.915 bits per heavy atom. The Morgan fingerprint density at radius 3 is 1.66 bits per heavy atom. The highest BCUT2D eigenvalue weighted by Gasteiger charge is 2.42. The molecule has 0 saturated heterocycles. The molecular weight excluding hydrogens is 567 g/mol. The van der Waals surface area contributed by atoms with Gasteiger partial charge in [-0.1, -0.05) is 137 Å². The van der Waals surface area contributed by atoms with Gasteiger partial charge in [-0.2, -0.15) is 0 Å². The molecule has 0 radical (unpaired) electrons. The maximum atomic E-state index is 3.78. The molecule has 2 aliphatic rings. The highest BCUT2D eigenvalue weighted by molar-refractivity contribution is 6.09. The highest BCUT2D eigenvalue weighted by atomic mass is 14.9. The van der Waals surface area contributed by atoms with Gasteiger partial charge >= 0.3 is 0 Å². The van der Waals surface area contributed by atoms with Crippen LogP contribution < -0.4 is 5.32 Å². The predicted molar refractivity (Wildman–Crippen MR) is 200 cm³/mol. The Hall–Kier alpha value is -5.40. The van der Waals surface area contributed by atoms with Gasteiger partial charge in [0.2, 0.25) is 0 Å². The van der Waals surface area contributed by atoms with Crippen molar-refractivity contribution in [3.05, 3.63) is 168 Å². The first-order valence-corrected chi connectivity index (χ1v) is 16.7. The molecule has 0 amide bonds. The Morgan fingerprint density at radius 1 is 0.383 bits per heavy atom. The van der Waals surface area contributed by atoms with Crippen molar-refractivity contribution in [2.45, 2.75) is 38.5 Å². The minimum Gasteiger partial charge on any atom is -0.355 e. The summed E-state index contributed by atoms with van der Waals surface area (Å²) in [5, 5.41) is 6.43. The van der Waals surface area contributed by atoms with Gasteiger partial charge in [0.15, 0.2) is 0 Å². The van der Waals surface area contributed by atoms with Crippen molar-refractivity contribution in [3.63, 3.8) is 0 Å². The van der Waals surface area contributed by atoms with Crippen LogP contribution in [0.5, 0.6) is 0 Å². The van der Waals surface area contributed by atoms with Gasteiger partial charge in [-0.3, -0.25) is 0 Å². The molecular formula is C46H37N. The zero-order chi connectivity index (χ0) is 31.9. The van der Waals surface area contributed by atoms with Crippen LogP contribution in [0.2, 0.25) is 0 Å². The number of fused-ring (bicyclic) bond motifs is 8. The summed E-state index contributed by atoms with van der Waals surface area (Å²) >= 11 is 0. The molecule has 47 heavy (non-hydrogen) atoms. The third kappa shape index (κ3) is 4.09. The van der Waals surface area contributed by atoms with Gasteiger partial charge in [-0.05, 0) is 108 Å². The van der Waals surface area contributed by atoms with E-state index in [2.05, 4.69) is 179 Å². The lowest BCUT2D eigenvalue weighted by Gasteiger charge is -2.24. The first-order chi connectivity index (χ1) is 22.8. The first-order valence-electron chi connectivity index (χ1n) is 16.7. The van der Waals surface area contributed by atoms with E-state index >= 15 is 0 Å². The Balaban J connectivity index is 1.17. The van der Waals surface area contributed by atoms with E-state index in [1.807, 2.05) is 0 Å². The standard InChI is InChI=1S/C46H37N/c1-45(2)39-25-31(47-43-22-14-13-19-32(43)29-15-7-5-8-16-29)23-24-34(39)37-27-41-38(28-40(37)45)44-35-21-12-11-20-33(35)36(26-42(44)46(41,3)4)30-17-9-6-10-18-30/h5-28,47H,1-4H3. The molecule has 0 bridgehead atoms. The van der Waals surface area contributed by atoms with E-state index in [-0.39, 0.29) is 10.8 Å². The van der Waals surface area contributed by atoms with Crippen LogP contribution >= 0.6 is 0 Å². The van der Waals surface area contributed by atoms with Crippen molar-refractivity contribution in [3.8, 4) is 44.5 Å². The molecule has 0 saturated carbocycles. The third-order valence-corrected chi connectivity index (χ3v) is 10.9. The second kappa shape index (κ2) is 10.0. The monoisotopic (exact) mass is 603 g/mol. The van der Waals surface area contributed by atoms with Crippen LogP contribution in [0.25, 0.3) is 55.3 Å². The average molecular weight is 604 g/mol. The Kier molecular flexibility index (Phi) is 5.96. The van der Waals surface area contributed by atoms with Crippen LogP contribution in [0.1, 0.15) is 49.9 Å². The molecule has 7 aromatic carbocycles. The van der Waals surface area contributed by atoms with Crippen LogP contribution in [0.3, 0.4) is 0 Å². The van der Waals surface area contributed by atoms with E-state index in [0.717, 1.165) is 11.4 Å². The van der Waals surface area contributed by atoms with Gasteiger partial charge in [0.1, 0.15) is 0 Å². The van der Waals surface area contributed by atoms with Crippen molar-refractivity contribution in [2.24, 2.45) is 0 Å². The van der Waals surface area contributed by atoms with Crippen molar-refractivity contribution < 1.29 is 0 Å². The smallest absolute Gasteiger partial charge is 0.0463 e. The predicted octanol–water partition coefficient (Wildman–Crippen LogP) is 12.5. The van der Waals surface area contributed by atoms with Crippen molar-refractivity contribution >= 4 is 22.1 Å². The van der Waals surface area contributed by atoms with Gasteiger partial charge in [-0.25, -0.2) is 0 Å². The number of hydrogen-bond donors (Lipinski definition) is 1. The minimum atomic E-state index is -0.136. The number of rotatable bonds is 4. The van der Waals surface area contributed by atoms with Crippen LogP contribution in [-0.2, 0) is 10.8 Å². The van der Waals surface area contributed by atoms with Gasteiger partial charge in [0.25, 0.3) is 0 Å². The maximum absolute atomic E-state index is 3.78. The summed E-state index contributed by atoms with van der Waals surface area (Å²) in [6.45, 7) is 9.60. The summed E-state index contributed by atoms with van der Waals surface area (Å²) < 4.78 is 0. The van der Waals surface area contributed by atoms with Crippen LogP contribution in [-0.4, -0.2) is 0 Å². The van der Waals surface area contributed by atoms with Crippen molar-refractivity contribution in [2.75, 3.05) is 5.32 Å². The molecule has 0 fully saturated rings. The van der Waals surface area contributed by atoms with Crippen LogP contribution in [0.4, 0.5) is 11.4 Å². The highest BCUT2D eigenvalue weighted by Crippen LogP contribution is 2.58. The van der Waals surface area contributed by atoms with Crippen molar-refractivity contribution in [1.29, 1.82) is 0 Å². The van der Waals surface area contributed by atoms with Gasteiger partial charge in [0.05, 0.1) is 0 Å². The van der Waals surface area contributed by atoms with E-state index in [9.17, 15) is 0 Å². The zero-order valence-corrected chi connectivity index (χ0v) is 27.4. The second-order valence-electron chi connectivity index (χ2n) is 14.2. The summed E-state index contributed by atoms with van der Waals surface area (Å²) in [6.07, 6.45) is 0. The summed E-state index contributed by atoms with van der Waals surface area (Å²) in [5.41, 5.74) is 18.1. The fraction of sp³-hybridized carbons (Fsp3) is 0.130. The molecule has 0 unspecified atom stereocenters. The maximum Gasteiger partial charge on any atom is 0.0463 e. The topological polar surface area (TPSA) is 12.0 Å². The molecule has 1 N–H and O–H groups in total. The Bertz CT molecular complexity index is 2360. The lowest BCUT2D eigenvalue weighted by atomic mass is 9.79. The summed E-state index contributed by atoms with van der Waals surface area (Å²) in [6, 6.07) is 53.5. The molecule has 0 heterocycles. The molecule has 1 heteroatoms. The normalized spacial score (nSPS) is 14.7. The molecule has 9 rings (SSSR count). The molecule has 226 valence electrons. The molecule has 7 aromatic rings. The largest absolute Gasteiger partial charge is 0.355 e. The first kappa shape index (κ1) is 27.9. The summed E-state index contributed by atoms with van der Waals surface area (Å²) in [4.78, 5) is 0. The molecule has 1 nitrogen and oxygen atoms in total. The molecule has 0 aliphatic heterocycles. The van der Waals surface area contributed by atoms with Crippen LogP contribution in [0.15, 0.2) is 146 Å². The second-order valence-corrected chi connectivity index (χ2v) is 14.2.